The molecule has 0 unspecified atom stereocenters. The number of aryl methyl sites for hydroxylation is 2. The Kier molecular flexibility index (Phi) is 5.91. The first kappa shape index (κ1) is 21.5. The molecule has 0 bridgehead atoms. The van der Waals surface area contributed by atoms with Gasteiger partial charge in [-0.25, -0.2) is 8.42 Å². The smallest absolute Gasteiger partial charge is 0.268 e. The van der Waals surface area contributed by atoms with E-state index in [0.717, 1.165) is 17.2 Å². The number of carbonyl (C=O) groups is 1. The summed E-state index contributed by atoms with van der Waals surface area (Å²) in [7, 11) is -4.29. The van der Waals surface area contributed by atoms with Crippen molar-refractivity contribution in [3.8, 4) is 0 Å². The van der Waals surface area contributed by atoms with E-state index in [-0.39, 0.29) is 21.2 Å². The number of rotatable bonds is 5. The number of benzene rings is 3. The Morgan fingerprint density at radius 3 is 2.00 bits per heavy atom. The number of halogens is 1. The van der Waals surface area contributed by atoms with Gasteiger partial charge in [-0.05, 0) is 50.2 Å². The predicted molar refractivity (Wildman–Crippen MR) is 114 cm³/mol. The van der Waals surface area contributed by atoms with Crippen LogP contribution in [0.1, 0.15) is 21.5 Å². The lowest BCUT2D eigenvalue weighted by molar-refractivity contribution is -0.384. The summed E-state index contributed by atoms with van der Waals surface area (Å²) in [5, 5.41) is 11.0. The number of nitrogens with zero attached hydrogens (tertiary/aromatic N) is 2. The Morgan fingerprint density at radius 1 is 0.933 bits per heavy atom. The molecule has 0 spiro atoms. The number of nitro groups is 1. The Labute approximate surface area is 178 Å². The molecular formula is C21H17ClN2O5S. The Hall–Kier alpha value is -3.23. The van der Waals surface area contributed by atoms with Crippen LogP contribution < -0.4 is 4.31 Å². The normalized spacial score (nSPS) is 11.2. The summed E-state index contributed by atoms with van der Waals surface area (Å²) in [4.78, 5) is 23.7. The molecule has 3 rings (SSSR count). The Morgan fingerprint density at radius 2 is 1.47 bits per heavy atom. The standard InChI is InChI=1S/C21H17ClN2O5S/c1-14-3-8-17(9-4-14)23(30(28,29)18-10-5-15(2)6-11-18)21(25)16-7-12-19(22)20(13-16)24(26)27/h3-13H,1-2H3. The van der Waals surface area contributed by atoms with Gasteiger partial charge in [0.15, 0.2) is 0 Å². The molecule has 0 aliphatic rings. The second-order valence-corrected chi connectivity index (χ2v) is 8.84. The monoisotopic (exact) mass is 444 g/mol. The zero-order valence-corrected chi connectivity index (χ0v) is 17.6. The number of carbonyl (C=O) groups excluding carboxylic acids is 1. The molecule has 154 valence electrons. The predicted octanol–water partition coefficient (Wildman–Crippen LogP) is 4.90. The van der Waals surface area contributed by atoms with Crippen LogP contribution >= 0.6 is 11.6 Å². The minimum Gasteiger partial charge on any atom is -0.268 e. The molecule has 0 aliphatic carbocycles. The molecule has 0 aliphatic heterocycles. The van der Waals surface area contributed by atoms with Crippen molar-refractivity contribution in [1.29, 1.82) is 0 Å². The minimum absolute atomic E-state index is 0.0783. The van der Waals surface area contributed by atoms with E-state index >= 15 is 0 Å². The summed E-state index contributed by atoms with van der Waals surface area (Å²) >= 11 is 5.83. The van der Waals surface area contributed by atoms with Crippen molar-refractivity contribution in [3.63, 3.8) is 0 Å². The van der Waals surface area contributed by atoms with E-state index in [2.05, 4.69) is 0 Å². The molecule has 0 saturated carbocycles. The van der Waals surface area contributed by atoms with Crippen LogP contribution in [0.15, 0.2) is 71.6 Å². The molecule has 3 aromatic rings. The summed E-state index contributed by atoms with van der Waals surface area (Å²) < 4.78 is 27.4. The summed E-state index contributed by atoms with van der Waals surface area (Å²) in [5.74, 6) is -0.931. The van der Waals surface area contributed by atoms with Crippen LogP contribution in [-0.4, -0.2) is 19.2 Å². The third kappa shape index (κ3) is 4.19. The summed E-state index contributed by atoms with van der Waals surface area (Å²) in [6.07, 6.45) is 0. The topological polar surface area (TPSA) is 97.6 Å². The number of hydrogen-bond donors (Lipinski definition) is 0. The maximum absolute atomic E-state index is 13.4. The van der Waals surface area contributed by atoms with Crippen molar-refractivity contribution in [2.24, 2.45) is 0 Å². The number of amides is 1. The second kappa shape index (κ2) is 8.25. The van der Waals surface area contributed by atoms with Gasteiger partial charge < -0.3 is 0 Å². The molecule has 0 saturated heterocycles. The molecule has 7 nitrogen and oxygen atoms in total. The van der Waals surface area contributed by atoms with E-state index in [1.165, 1.54) is 36.4 Å². The average molecular weight is 445 g/mol. The van der Waals surface area contributed by atoms with Gasteiger partial charge >= 0.3 is 0 Å². The highest BCUT2D eigenvalue weighted by atomic mass is 35.5. The van der Waals surface area contributed by atoms with Gasteiger partial charge in [0.2, 0.25) is 0 Å². The van der Waals surface area contributed by atoms with Crippen molar-refractivity contribution in [1.82, 2.24) is 0 Å². The largest absolute Gasteiger partial charge is 0.288 e. The third-order valence-electron chi connectivity index (χ3n) is 4.40. The number of anilines is 1. The molecule has 0 fully saturated rings. The Balaban J connectivity index is 2.18. The zero-order chi connectivity index (χ0) is 22.1. The highest BCUT2D eigenvalue weighted by Gasteiger charge is 2.32. The SMILES string of the molecule is Cc1ccc(N(C(=O)c2ccc(Cl)c([N+](=O)[O-])c2)S(=O)(=O)c2ccc(C)cc2)cc1. The first-order chi connectivity index (χ1) is 14.1. The van der Waals surface area contributed by atoms with Crippen molar-refractivity contribution in [3.05, 3.63) is 98.6 Å². The van der Waals surface area contributed by atoms with Gasteiger partial charge in [-0.15, -0.1) is 0 Å². The van der Waals surface area contributed by atoms with Crippen molar-refractivity contribution < 1.29 is 18.1 Å². The molecule has 0 N–H and O–H groups in total. The van der Waals surface area contributed by atoms with Gasteiger partial charge in [-0.3, -0.25) is 14.9 Å². The van der Waals surface area contributed by atoms with E-state index in [4.69, 9.17) is 11.6 Å². The van der Waals surface area contributed by atoms with Gasteiger partial charge in [0.05, 0.1) is 15.5 Å². The van der Waals surface area contributed by atoms with Gasteiger partial charge in [-0.2, -0.15) is 4.31 Å². The highest BCUT2D eigenvalue weighted by molar-refractivity contribution is 7.93. The van der Waals surface area contributed by atoms with Crippen molar-refractivity contribution >= 4 is 38.9 Å². The first-order valence-electron chi connectivity index (χ1n) is 8.78. The van der Waals surface area contributed by atoms with Gasteiger partial charge in [0.1, 0.15) is 5.02 Å². The molecule has 1 amide bonds. The molecule has 9 heteroatoms. The summed E-state index contributed by atoms with van der Waals surface area (Å²) in [5.41, 5.74) is 1.18. The fourth-order valence-corrected chi connectivity index (χ4v) is 4.36. The number of sulfonamides is 1. The van der Waals surface area contributed by atoms with Gasteiger partial charge in [-0.1, -0.05) is 47.0 Å². The molecule has 0 aromatic heterocycles. The van der Waals surface area contributed by atoms with E-state index in [1.54, 1.807) is 24.3 Å². The lowest BCUT2D eigenvalue weighted by Crippen LogP contribution is -2.37. The number of nitro benzene ring substituents is 1. The molecule has 0 heterocycles. The van der Waals surface area contributed by atoms with E-state index < -0.39 is 26.5 Å². The fourth-order valence-electron chi connectivity index (χ4n) is 2.76. The molecule has 0 radical (unpaired) electrons. The van der Waals surface area contributed by atoms with Gasteiger partial charge in [0, 0.05) is 11.6 Å². The summed E-state index contributed by atoms with van der Waals surface area (Å²) in [6.45, 7) is 3.64. The van der Waals surface area contributed by atoms with Crippen LogP contribution in [0.5, 0.6) is 0 Å². The quantitative estimate of drug-likeness (QED) is 0.411. The highest BCUT2D eigenvalue weighted by Crippen LogP contribution is 2.30. The maximum atomic E-state index is 13.4. The lowest BCUT2D eigenvalue weighted by atomic mass is 10.1. The molecule has 0 atom stereocenters. The molecule has 30 heavy (non-hydrogen) atoms. The second-order valence-electron chi connectivity index (χ2n) is 6.65. The van der Waals surface area contributed by atoms with Gasteiger partial charge in [0.25, 0.3) is 21.6 Å². The zero-order valence-electron chi connectivity index (χ0n) is 16.1. The van der Waals surface area contributed by atoms with E-state index in [1.807, 2.05) is 13.8 Å². The van der Waals surface area contributed by atoms with Crippen LogP contribution in [0, 0.1) is 24.0 Å². The average Bonchev–Trinajstić information content (AvgIpc) is 2.70. The van der Waals surface area contributed by atoms with Crippen LogP contribution in [0.3, 0.4) is 0 Å². The third-order valence-corrected chi connectivity index (χ3v) is 6.45. The van der Waals surface area contributed by atoms with Crippen LogP contribution in [-0.2, 0) is 10.0 Å². The van der Waals surface area contributed by atoms with Crippen molar-refractivity contribution in [2.45, 2.75) is 18.7 Å². The van der Waals surface area contributed by atoms with Crippen LogP contribution in [0.25, 0.3) is 0 Å². The molecule has 3 aromatic carbocycles. The Bertz CT molecular complexity index is 1220. The minimum atomic E-state index is -4.29. The number of hydrogen-bond acceptors (Lipinski definition) is 5. The maximum Gasteiger partial charge on any atom is 0.288 e. The van der Waals surface area contributed by atoms with Crippen molar-refractivity contribution in [2.75, 3.05) is 4.31 Å². The first-order valence-corrected chi connectivity index (χ1v) is 10.6. The summed E-state index contributed by atoms with van der Waals surface area (Å²) in [6, 6.07) is 15.8. The van der Waals surface area contributed by atoms with Crippen LogP contribution in [0.2, 0.25) is 5.02 Å². The van der Waals surface area contributed by atoms with E-state index in [0.29, 0.717) is 4.31 Å². The fraction of sp³-hybridized carbons (Fsp3) is 0.0952. The lowest BCUT2D eigenvalue weighted by Gasteiger charge is -2.23. The van der Waals surface area contributed by atoms with E-state index in [9.17, 15) is 23.3 Å². The van der Waals surface area contributed by atoms with Crippen LogP contribution in [0.4, 0.5) is 11.4 Å². The molecular weight excluding hydrogens is 428 g/mol.